The molecule has 20 heavy (non-hydrogen) atoms. The van der Waals surface area contributed by atoms with Gasteiger partial charge >= 0.3 is 0 Å². The average Bonchev–Trinajstić information content (AvgIpc) is 2.42. The molecule has 7 heteroatoms. The van der Waals surface area contributed by atoms with E-state index in [0.29, 0.717) is 20.7 Å². The average molecular weight is 356 g/mol. The van der Waals surface area contributed by atoms with Crippen LogP contribution in [0.4, 0.5) is 11.4 Å². The Balaban J connectivity index is 2.14. The minimum Gasteiger partial charge on any atom is -0.322 e. The largest absolute Gasteiger partial charge is 0.322 e. The van der Waals surface area contributed by atoms with Crippen molar-refractivity contribution in [1.82, 2.24) is 0 Å². The van der Waals surface area contributed by atoms with Crippen LogP contribution < -0.4 is 5.32 Å². The number of non-ortho nitro benzene ring substituents is 1. The summed E-state index contributed by atoms with van der Waals surface area (Å²) in [7, 11) is 0. The molecule has 2 aromatic rings. The first-order valence-corrected chi connectivity index (χ1v) is 6.65. The van der Waals surface area contributed by atoms with Crippen molar-refractivity contribution < 1.29 is 9.72 Å². The van der Waals surface area contributed by atoms with Crippen LogP contribution in [0.5, 0.6) is 0 Å². The van der Waals surface area contributed by atoms with Crippen molar-refractivity contribution in [1.29, 1.82) is 0 Å². The van der Waals surface area contributed by atoms with Gasteiger partial charge in [-0.15, -0.1) is 0 Å². The quantitative estimate of drug-likeness (QED) is 0.660. The molecule has 2 rings (SSSR count). The van der Waals surface area contributed by atoms with Crippen LogP contribution in [-0.4, -0.2) is 10.8 Å². The molecular formula is C13H8BrClN2O3. The van der Waals surface area contributed by atoms with Gasteiger partial charge in [0, 0.05) is 27.9 Å². The first kappa shape index (κ1) is 14.5. The lowest BCUT2D eigenvalue weighted by Gasteiger charge is -2.06. The summed E-state index contributed by atoms with van der Waals surface area (Å²) in [5, 5.41) is 13.6. The Hall–Kier alpha value is -1.92. The molecule has 0 heterocycles. The molecule has 1 N–H and O–H groups in total. The smallest absolute Gasteiger partial charge is 0.269 e. The highest BCUT2D eigenvalue weighted by atomic mass is 79.9. The van der Waals surface area contributed by atoms with E-state index in [0.717, 1.165) is 0 Å². The second-order valence-electron chi connectivity index (χ2n) is 3.89. The third kappa shape index (κ3) is 3.34. The van der Waals surface area contributed by atoms with E-state index in [9.17, 15) is 14.9 Å². The van der Waals surface area contributed by atoms with Crippen molar-refractivity contribution >= 4 is 44.8 Å². The Labute approximate surface area is 127 Å². The lowest BCUT2D eigenvalue weighted by molar-refractivity contribution is -0.384. The minimum atomic E-state index is -0.500. The van der Waals surface area contributed by atoms with Gasteiger partial charge in [0.15, 0.2) is 0 Å². The summed E-state index contributed by atoms with van der Waals surface area (Å²) in [5.74, 6) is -0.340. The molecule has 0 radical (unpaired) electrons. The predicted molar refractivity (Wildman–Crippen MR) is 80.2 cm³/mol. The lowest BCUT2D eigenvalue weighted by Crippen LogP contribution is -2.11. The second-order valence-corrected chi connectivity index (χ2v) is 5.15. The van der Waals surface area contributed by atoms with Gasteiger partial charge in [-0.2, -0.15) is 0 Å². The van der Waals surface area contributed by atoms with Crippen LogP contribution >= 0.6 is 27.5 Å². The number of hydrogen-bond acceptors (Lipinski definition) is 3. The Morgan fingerprint density at radius 1 is 1.20 bits per heavy atom. The Bertz CT molecular complexity index is 674. The van der Waals surface area contributed by atoms with Crippen LogP contribution in [0, 0.1) is 10.1 Å². The second kappa shape index (κ2) is 6.02. The molecule has 0 fully saturated rings. The summed E-state index contributed by atoms with van der Waals surface area (Å²) < 4.78 is 0.700. The van der Waals surface area contributed by atoms with Crippen molar-refractivity contribution in [3.63, 3.8) is 0 Å². The summed E-state index contributed by atoms with van der Waals surface area (Å²) in [6.07, 6.45) is 0. The molecule has 0 aliphatic heterocycles. The fraction of sp³-hybridized carbons (Fsp3) is 0. The molecule has 0 saturated heterocycles. The number of carbonyl (C=O) groups excluding carboxylic acids is 1. The topological polar surface area (TPSA) is 72.2 Å². The number of rotatable bonds is 3. The number of nitro groups is 1. The first-order valence-electron chi connectivity index (χ1n) is 5.48. The zero-order valence-electron chi connectivity index (χ0n) is 9.97. The van der Waals surface area contributed by atoms with Crippen LogP contribution in [-0.2, 0) is 0 Å². The van der Waals surface area contributed by atoms with Crippen LogP contribution in [0.15, 0.2) is 46.9 Å². The number of nitrogens with zero attached hydrogens (tertiary/aromatic N) is 1. The third-order valence-corrected chi connectivity index (χ3v) is 3.75. The molecule has 5 nitrogen and oxygen atoms in total. The fourth-order valence-electron chi connectivity index (χ4n) is 1.51. The molecule has 1 amide bonds. The Kier molecular flexibility index (Phi) is 4.36. The molecule has 0 saturated carbocycles. The van der Waals surface area contributed by atoms with E-state index in [4.69, 9.17) is 11.6 Å². The molecule has 0 atom stereocenters. The van der Waals surface area contributed by atoms with E-state index >= 15 is 0 Å². The van der Waals surface area contributed by atoms with Crippen LogP contribution in [0.25, 0.3) is 0 Å². The van der Waals surface area contributed by atoms with Gasteiger partial charge in [-0.3, -0.25) is 14.9 Å². The van der Waals surface area contributed by atoms with Gasteiger partial charge in [0.1, 0.15) is 0 Å². The summed E-state index contributed by atoms with van der Waals surface area (Å²) in [6.45, 7) is 0. The van der Waals surface area contributed by atoms with Gasteiger partial charge in [-0.1, -0.05) is 11.6 Å². The lowest BCUT2D eigenvalue weighted by atomic mass is 10.2. The van der Waals surface area contributed by atoms with Crippen molar-refractivity contribution in [2.45, 2.75) is 0 Å². The van der Waals surface area contributed by atoms with Gasteiger partial charge in [0.25, 0.3) is 11.6 Å². The van der Waals surface area contributed by atoms with E-state index < -0.39 is 4.92 Å². The molecule has 0 aliphatic rings. The molecule has 102 valence electrons. The van der Waals surface area contributed by atoms with E-state index in [2.05, 4.69) is 21.2 Å². The number of nitro benzene ring substituents is 1. The number of carbonyl (C=O) groups is 1. The monoisotopic (exact) mass is 354 g/mol. The van der Waals surface area contributed by atoms with Crippen LogP contribution in [0.2, 0.25) is 5.02 Å². The normalized spacial score (nSPS) is 10.1. The van der Waals surface area contributed by atoms with Gasteiger partial charge in [0.2, 0.25) is 0 Å². The Morgan fingerprint density at radius 2 is 1.85 bits per heavy atom. The number of anilines is 1. The van der Waals surface area contributed by atoms with Crippen LogP contribution in [0.1, 0.15) is 10.4 Å². The number of nitrogens with one attached hydrogen (secondary N) is 1. The standard InChI is InChI=1S/C13H8BrClN2O3/c14-11-6-1-8(7-12(11)15)13(18)16-9-2-4-10(5-3-9)17(19)20/h1-7H,(H,16,18). The van der Waals surface area contributed by atoms with Gasteiger partial charge < -0.3 is 5.32 Å². The number of amides is 1. The van der Waals surface area contributed by atoms with Gasteiger partial charge in [-0.05, 0) is 46.3 Å². The van der Waals surface area contributed by atoms with Crippen molar-refractivity contribution in [2.75, 3.05) is 5.32 Å². The summed E-state index contributed by atoms with van der Waals surface area (Å²) in [4.78, 5) is 22.0. The van der Waals surface area contributed by atoms with E-state index in [1.807, 2.05) is 0 Å². The molecule has 0 unspecified atom stereocenters. The van der Waals surface area contributed by atoms with E-state index in [1.54, 1.807) is 12.1 Å². The number of hydrogen-bond donors (Lipinski definition) is 1. The molecule has 0 aliphatic carbocycles. The number of benzene rings is 2. The zero-order valence-corrected chi connectivity index (χ0v) is 12.3. The minimum absolute atomic E-state index is 0.0327. The summed E-state index contributed by atoms with van der Waals surface area (Å²) in [6, 6.07) is 10.4. The Morgan fingerprint density at radius 3 is 2.40 bits per heavy atom. The van der Waals surface area contributed by atoms with Crippen molar-refractivity contribution in [2.24, 2.45) is 0 Å². The SMILES string of the molecule is O=C(Nc1ccc([N+](=O)[O-])cc1)c1ccc(Br)c(Cl)c1. The highest BCUT2D eigenvalue weighted by molar-refractivity contribution is 9.10. The third-order valence-electron chi connectivity index (χ3n) is 2.52. The molecule has 0 spiro atoms. The molecule has 2 aromatic carbocycles. The zero-order chi connectivity index (χ0) is 14.7. The molecular weight excluding hydrogens is 348 g/mol. The summed E-state index contributed by atoms with van der Waals surface area (Å²) >= 11 is 9.15. The fourth-order valence-corrected chi connectivity index (χ4v) is 1.93. The van der Waals surface area contributed by atoms with Crippen LogP contribution in [0.3, 0.4) is 0 Å². The van der Waals surface area contributed by atoms with Gasteiger partial charge in [0.05, 0.1) is 9.95 Å². The maximum absolute atomic E-state index is 12.0. The predicted octanol–water partition coefficient (Wildman–Crippen LogP) is 4.26. The highest BCUT2D eigenvalue weighted by Gasteiger charge is 2.09. The molecule has 0 aromatic heterocycles. The summed E-state index contributed by atoms with van der Waals surface area (Å²) in [5.41, 5.74) is 0.839. The van der Waals surface area contributed by atoms with Gasteiger partial charge in [-0.25, -0.2) is 0 Å². The number of halogens is 2. The van der Waals surface area contributed by atoms with Crippen molar-refractivity contribution in [3.8, 4) is 0 Å². The maximum Gasteiger partial charge on any atom is 0.269 e. The highest BCUT2D eigenvalue weighted by Crippen LogP contribution is 2.24. The first-order chi connectivity index (χ1) is 9.47. The van der Waals surface area contributed by atoms with E-state index in [-0.39, 0.29) is 11.6 Å². The maximum atomic E-state index is 12.0. The molecule has 0 bridgehead atoms. The van der Waals surface area contributed by atoms with Crippen molar-refractivity contribution in [3.05, 3.63) is 67.6 Å². The van der Waals surface area contributed by atoms with E-state index in [1.165, 1.54) is 30.3 Å².